The molecule has 0 aromatic carbocycles. The van der Waals surface area contributed by atoms with Gasteiger partial charge in [-0.3, -0.25) is 0 Å². The van der Waals surface area contributed by atoms with Crippen molar-refractivity contribution in [2.45, 2.75) is 0 Å². The summed E-state index contributed by atoms with van der Waals surface area (Å²) in [5.41, 5.74) is 5.74. The van der Waals surface area contributed by atoms with Gasteiger partial charge < -0.3 is 10.1 Å². The van der Waals surface area contributed by atoms with Crippen molar-refractivity contribution in [3.05, 3.63) is 22.0 Å². The highest BCUT2D eigenvalue weighted by Gasteiger charge is 2.13. The predicted octanol–water partition coefficient (Wildman–Crippen LogP) is -0.773. The molecule has 0 atom stereocenters. The topological polar surface area (TPSA) is 69.3 Å². The Morgan fingerprint density at radius 2 is 2.75 bits per heavy atom. The molecule has 5 nitrogen and oxygen atoms in total. The molecular formula is C3H4N3O2. The second-order valence-electron chi connectivity index (χ2n) is 1.30. The van der Waals surface area contributed by atoms with Gasteiger partial charge in [0.15, 0.2) is 0 Å². The molecule has 8 heavy (non-hydrogen) atoms. The molecule has 0 aromatic rings. The van der Waals surface area contributed by atoms with Crippen molar-refractivity contribution in [1.29, 1.82) is 0 Å². The molecule has 1 aliphatic rings. The highest BCUT2D eigenvalue weighted by Crippen LogP contribution is 1.92. The van der Waals surface area contributed by atoms with Crippen LogP contribution >= 0.6 is 0 Å². The first-order chi connectivity index (χ1) is 3.80. The lowest BCUT2D eigenvalue weighted by Crippen LogP contribution is -2.20. The van der Waals surface area contributed by atoms with E-state index in [0.29, 0.717) is 6.54 Å². The maximum Gasteiger partial charge on any atom is 0.332 e. The summed E-state index contributed by atoms with van der Waals surface area (Å²) in [7, 11) is 0. The lowest BCUT2D eigenvalue weighted by Gasteiger charge is -1.90. The highest BCUT2D eigenvalue weighted by atomic mass is 16.6. The Morgan fingerprint density at radius 1 is 2.00 bits per heavy atom. The number of nitro groups is 1. The first kappa shape index (κ1) is 5.04. The third-order valence-electron chi connectivity index (χ3n) is 0.766. The molecule has 5 heteroatoms. The van der Waals surface area contributed by atoms with Crippen LogP contribution in [0.2, 0.25) is 0 Å². The fourth-order valence-electron chi connectivity index (χ4n) is 0.420. The minimum atomic E-state index is -0.503. The van der Waals surface area contributed by atoms with Gasteiger partial charge in [0.05, 0.1) is 6.54 Å². The summed E-state index contributed by atoms with van der Waals surface area (Å²) in [5.74, 6) is -0.0231. The Morgan fingerprint density at radius 3 is 3.00 bits per heavy atom. The van der Waals surface area contributed by atoms with Crippen molar-refractivity contribution >= 4 is 0 Å². The van der Waals surface area contributed by atoms with Crippen molar-refractivity contribution < 1.29 is 4.92 Å². The van der Waals surface area contributed by atoms with E-state index >= 15 is 0 Å². The zero-order chi connectivity index (χ0) is 5.98. The third-order valence-corrected chi connectivity index (χ3v) is 0.766. The van der Waals surface area contributed by atoms with Crippen LogP contribution in [-0.2, 0) is 0 Å². The summed E-state index contributed by atoms with van der Waals surface area (Å²) in [6, 6.07) is 0. The smallest absolute Gasteiger partial charge is 0.332 e. The fraction of sp³-hybridized carbons (Fsp3) is 0.333. The average molecular weight is 114 g/mol. The number of hydrogen-bond donors (Lipinski definition) is 1. The van der Waals surface area contributed by atoms with Gasteiger partial charge in [0.2, 0.25) is 0 Å². The molecule has 0 aliphatic carbocycles. The quantitative estimate of drug-likeness (QED) is 0.359. The average Bonchev–Trinajstić information content (AvgIpc) is 2.12. The molecular weight excluding hydrogens is 110 g/mol. The molecule has 1 N–H and O–H groups in total. The van der Waals surface area contributed by atoms with Gasteiger partial charge in [0.1, 0.15) is 0 Å². The summed E-state index contributed by atoms with van der Waals surface area (Å²) in [5, 5.41) is 9.82. The van der Waals surface area contributed by atoms with E-state index in [9.17, 15) is 10.1 Å². The first-order valence-corrected chi connectivity index (χ1v) is 2.08. The van der Waals surface area contributed by atoms with Gasteiger partial charge in [-0.25, -0.2) is 0 Å². The summed E-state index contributed by atoms with van der Waals surface area (Å²) in [4.78, 5) is 9.31. The van der Waals surface area contributed by atoms with Crippen LogP contribution in [-0.4, -0.2) is 11.5 Å². The molecule has 0 saturated heterocycles. The van der Waals surface area contributed by atoms with E-state index in [4.69, 9.17) is 0 Å². The maximum absolute atomic E-state index is 9.82. The van der Waals surface area contributed by atoms with Gasteiger partial charge in [-0.1, -0.05) is 0 Å². The number of nitrogens with zero attached hydrogens (tertiary/aromatic N) is 2. The molecule has 0 fully saturated rings. The van der Waals surface area contributed by atoms with Crippen molar-refractivity contribution in [2.75, 3.05) is 6.54 Å². The lowest BCUT2D eigenvalue weighted by atomic mass is 10.6. The third kappa shape index (κ3) is 0.760. The molecule has 0 spiro atoms. The van der Waals surface area contributed by atoms with Crippen molar-refractivity contribution in [3.8, 4) is 0 Å². The number of hydrogen-bond acceptors (Lipinski definition) is 3. The molecule has 0 bridgehead atoms. The summed E-state index contributed by atoms with van der Waals surface area (Å²) in [6.45, 7) is 0.399. The molecule has 1 radical (unpaired) electrons. The summed E-state index contributed by atoms with van der Waals surface area (Å²) < 4.78 is 0. The van der Waals surface area contributed by atoms with E-state index in [-0.39, 0.29) is 5.82 Å². The van der Waals surface area contributed by atoms with Crippen molar-refractivity contribution in [2.24, 2.45) is 0 Å². The molecule has 0 aromatic heterocycles. The van der Waals surface area contributed by atoms with Crippen molar-refractivity contribution in [3.63, 3.8) is 0 Å². The standard InChI is InChI=1S/C3H4N3O2/c7-6(8)3-1-2-4-5-3/h1,5H,2H2. The van der Waals surface area contributed by atoms with Crippen LogP contribution < -0.4 is 10.9 Å². The predicted molar refractivity (Wildman–Crippen MR) is 25.2 cm³/mol. The Kier molecular flexibility index (Phi) is 1.13. The minimum Gasteiger partial charge on any atom is -0.358 e. The van der Waals surface area contributed by atoms with Crippen molar-refractivity contribution in [1.82, 2.24) is 10.9 Å². The maximum atomic E-state index is 9.82. The SMILES string of the molecule is O=[N+]([O-])C1=CC[N]N1. The van der Waals surface area contributed by atoms with E-state index in [0.717, 1.165) is 0 Å². The van der Waals surface area contributed by atoms with Gasteiger partial charge in [0.25, 0.3) is 0 Å². The molecule has 0 saturated carbocycles. The van der Waals surface area contributed by atoms with Crippen LogP contribution in [0.4, 0.5) is 0 Å². The minimum absolute atomic E-state index is 0.0231. The van der Waals surface area contributed by atoms with Crippen LogP contribution in [0, 0.1) is 10.1 Å². The summed E-state index contributed by atoms with van der Waals surface area (Å²) in [6.07, 6.45) is 1.42. The number of nitrogens with one attached hydrogen (secondary N) is 1. The fourth-order valence-corrected chi connectivity index (χ4v) is 0.420. The van der Waals surface area contributed by atoms with E-state index in [1.54, 1.807) is 0 Å². The number of rotatable bonds is 1. The second-order valence-corrected chi connectivity index (χ2v) is 1.30. The van der Waals surface area contributed by atoms with Gasteiger partial charge in [-0.15, -0.1) is 0 Å². The van der Waals surface area contributed by atoms with E-state index < -0.39 is 4.92 Å². The Bertz CT molecular complexity index is 141. The second kappa shape index (κ2) is 1.79. The van der Waals surface area contributed by atoms with E-state index in [1.807, 2.05) is 0 Å². The molecule has 0 amide bonds. The first-order valence-electron chi connectivity index (χ1n) is 2.08. The Labute approximate surface area is 45.5 Å². The van der Waals surface area contributed by atoms with Crippen LogP contribution in [0.15, 0.2) is 11.9 Å². The molecule has 43 valence electrons. The zero-order valence-electron chi connectivity index (χ0n) is 4.00. The molecule has 0 unspecified atom stereocenters. The molecule has 1 aliphatic heterocycles. The van der Waals surface area contributed by atoms with Crippen LogP contribution in [0.25, 0.3) is 0 Å². The van der Waals surface area contributed by atoms with Crippen LogP contribution in [0.3, 0.4) is 0 Å². The highest BCUT2D eigenvalue weighted by molar-refractivity contribution is 4.94. The summed E-state index contributed by atoms with van der Waals surface area (Å²) >= 11 is 0. The monoisotopic (exact) mass is 114 g/mol. The Hall–Kier alpha value is -1.10. The zero-order valence-corrected chi connectivity index (χ0v) is 4.00. The normalized spacial score (nSPS) is 17.2. The molecule has 1 rings (SSSR count). The largest absolute Gasteiger partial charge is 0.358 e. The van der Waals surface area contributed by atoms with Gasteiger partial charge in [-0.2, -0.15) is 5.43 Å². The van der Waals surface area contributed by atoms with Gasteiger partial charge in [-0.05, 0) is 10.3 Å². The molecule has 1 heterocycles. The lowest BCUT2D eigenvalue weighted by molar-refractivity contribution is -0.431. The Balaban J connectivity index is 2.57. The van der Waals surface area contributed by atoms with Gasteiger partial charge in [0, 0.05) is 6.08 Å². The van der Waals surface area contributed by atoms with Crippen LogP contribution in [0.1, 0.15) is 0 Å². The van der Waals surface area contributed by atoms with Crippen LogP contribution in [0.5, 0.6) is 0 Å². The van der Waals surface area contributed by atoms with E-state index in [2.05, 4.69) is 10.9 Å². The van der Waals surface area contributed by atoms with Gasteiger partial charge >= 0.3 is 5.82 Å². The van der Waals surface area contributed by atoms with E-state index in [1.165, 1.54) is 6.08 Å².